The van der Waals surface area contributed by atoms with Gasteiger partial charge in [0.2, 0.25) is 6.29 Å². The van der Waals surface area contributed by atoms with E-state index in [1.54, 1.807) is 27.6 Å². The van der Waals surface area contributed by atoms with E-state index in [1.807, 2.05) is 44.3 Å². The van der Waals surface area contributed by atoms with Gasteiger partial charge in [0.15, 0.2) is 5.76 Å². The number of ether oxygens (including phenoxy) is 3. The summed E-state index contributed by atoms with van der Waals surface area (Å²) in [6.07, 6.45) is 1.15. The van der Waals surface area contributed by atoms with Crippen molar-refractivity contribution in [2.45, 2.75) is 25.6 Å². The zero-order chi connectivity index (χ0) is 26.4. The van der Waals surface area contributed by atoms with E-state index in [2.05, 4.69) is 5.32 Å². The van der Waals surface area contributed by atoms with E-state index in [1.165, 1.54) is 12.1 Å². The van der Waals surface area contributed by atoms with Crippen molar-refractivity contribution in [3.63, 3.8) is 0 Å². The molecule has 0 aliphatic carbocycles. The number of carbonyl (C=O) groups is 1. The Balaban J connectivity index is 1.64. The van der Waals surface area contributed by atoms with Crippen LogP contribution in [-0.4, -0.2) is 58.2 Å². The number of benzene rings is 2. The lowest BCUT2D eigenvalue weighted by molar-refractivity contribution is -0.148. The summed E-state index contributed by atoms with van der Waals surface area (Å²) in [6.45, 7) is 2.39. The molecule has 1 aliphatic rings. The van der Waals surface area contributed by atoms with Crippen molar-refractivity contribution >= 4 is 11.6 Å². The molecule has 10 heteroatoms. The molecule has 2 atom stereocenters. The van der Waals surface area contributed by atoms with Gasteiger partial charge >= 0.3 is 0 Å². The van der Waals surface area contributed by atoms with Crippen molar-refractivity contribution in [3.05, 3.63) is 88.0 Å². The van der Waals surface area contributed by atoms with Crippen LogP contribution < -0.4 is 10.9 Å². The summed E-state index contributed by atoms with van der Waals surface area (Å²) < 4.78 is 20.3. The largest absolute Gasteiger partial charge is 0.508 e. The van der Waals surface area contributed by atoms with Crippen molar-refractivity contribution in [3.8, 4) is 11.4 Å². The second-order valence-electron chi connectivity index (χ2n) is 8.61. The van der Waals surface area contributed by atoms with Crippen molar-refractivity contribution in [2.24, 2.45) is 7.05 Å². The summed E-state index contributed by atoms with van der Waals surface area (Å²) in [5, 5.41) is 21.3. The summed E-state index contributed by atoms with van der Waals surface area (Å²) in [6, 6.07) is 15.5. The maximum Gasteiger partial charge on any atom is 0.290 e. The van der Waals surface area contributed by atoms with Crippen molar-refractivity contribution in [1.29, 1.82) is 0 Å². The molecule has 0 radical (unpaired) electrons. The number of para-hydroxylation sites is 1. The van der Waals surface area contributed by atoms with Gasteiger partial charge in [-0.2, -0.15) is 0 Å². The minimum absolute atomic E-state index is 0.00906. The van der Waals surface area contributed by atoms with E-state index < -0.39 is 18.1 Å². The lowest BCUT2D eigenvalue weighted by Crippen LogP contribution is -2.32. The highest BCUT2D eigenvalue weighted by molar-refractivity contribution is 6.02. The lowest BCUT2D eigenvalue weighted by Gasteiger charge is -2.29. The molecule has 196 valence electrons. The second-order valence-corrected chi connectivity index (χ2v) is 8.61. The third-order valence-corrected chi connectivity index (χ3v) is 6.12. The van der Waals surface area contributed by atoms with Crippen LogP contribution in [-0.2, 0) is 26.1 Å². The Morgan fingerprint density at radius 2 is 1.92 bits per heavy atom. The topological polar surface area (TPSA) is 124 Å². The van der Waals surface area contributed by atoms with E-state index in [-0.39, 0.29) is 43.5 Å². The van der Waals surface area contributed by atoms with Gasteiger partial charge in [0.1, 0.15) is 5.75 Å². The number of phenolic OH excluding ortho intramolecular Hbond substituents is 1. The molecule has 0 fully saturated rings. The third-order valence-electron chi connectivity index (χ3n) is 6.12. The number of hydrogen-bond donors (Lipinski definition) is 3. The Hall–Kier alpha value is -3.86. The van der Waals surface area contributed by atoms with E-state index in [0.717, 1.165) is 11.4 Å². The number of aromatic hydroxyl groups is 1. The monoisotopic (exact) mass is 509 g/mol. The number of aliphatic hydroxyl groups is 1. The SMILES string of the molecule is Cc1c([C@H]2C=C(C(=O)Nc3cccc(O)c3)O[C@@H](OCCOCCO)C2)c(=O)n(-c2ccccc2)n1C. The number of rotatable bonds is 10. The van der Waals surface area contributed by atoms with Crippen LogP contribution >= 0.6 is 0 Å². The molecule has 2 heterocycles. The fourth-order valence-electron chi connectivity index (χ4n) is 4.32. The van der Waals surface area contributed by atoms with Crippen LogP contribution in [0.5, 0.6) is 5.75 Å². The molecule has 0 bridgehead atoms. The fraction of sp³-hybridized carbons (Fsp3) is 0.333. The van der Waals surface area contributed by atoms with Crippen LogP contribution in [0.3, 0.4) is 0 Å². The first-order chi connectivity index (χ1) is 17.9. The summed E-state index contributed by atoms with van der Waals surface area (Å²) in [7, 11) is 1.82. The first kappa shape index (κ1) is 26.2. The Labute approximate surface area is 214 Å². The molecule has 1 amide bonds. The molecule has 1 aliphatic heterocycles. The third kappa shape index (κ3) is 6.11. The number of hydrogen-bond acceptors (Lipinski definition) is 7. The number of phenols is 1. The summed E-state index contributed by atoms with van der Waals surface area (Å²) in [4.78, 5) is 26.7. The summed E-state index contributed by atoms with van der Waals surface area (Å²) in [5.74, 6) is -0.961. The Morgan fingerprint density at radius 3 is 2.65 bits per heavy atom. The molecule has 2 aromatic carbocycles. The summed E-state index contributed by atoms with van der Waals surface area (Å²) in [5.41, 5.74) is 2.24. The minimum Gasteiger partial charge on any atom is -0.508 e. The van der Waals surface area contributed by atoms with Crippen LogP contribution in [0.1, 0.15) is 23.6 Å². The van der Waals surface area contributed by atoms with Crippen LogP contribution in [0.15, 0.2) is 71.2 Å². The number of nitrogens with zero attached hydrogens (tertiary/aromatic N) is 2. The first-order valence-electron chi connectivity index (χ1n) is 12.0. The van der Waals surface area contributed by atoms with Crippen molar-refractivity contribution in [2.75, 3.05) is 31.7 Å². The van der Waals surface area contributed by atoms with E-state index >= 15 is 0 Å². The van der Waals surface area contributed by atoms with E-state index in [9.17, 15) is 14.7 Å². The number of aromatic nitrogens is 2. The van der Waals surface area contributed by atoms with Gasteiger partial charge in [-0.05, 0) is 37.3 Å². The normalized spacial score (nSPS) is 17.2. The molecular formula is C27H31N3O7. The highest BCUT2D eigenvalue weighted by atomic mass is 16.7. The van der Waals surface area contributed by atoms with Gasteiger partial charge in [0.05, 0.1) is 32.1 Å². The number of aliphatic hydroxyl groups excluding tert-OH is 1. The van der Waals surface area contributed by atoms with Crippen LogP contribution in [0, 0.1) is 6.92 Å². The Bertz CT molecular complexity index is 1310. The summed E-state index contributed by atoms with van der Waals surface area (Å²) >= 11 is 0. The fourth-order valence-corrected chi connectivity index (χ4v) is 4.32. The van der Waals surface area contributed by atoms with Gasteiger partial charge in [-0.1, -0.05) is 24.3 Å². The molecule has 0 saturated heterocycles. The Morgan fingerprint density at radius 1 is 1.14 bits per heavy atom. The van der Waals surface area contributed by atoms with Crippen LogP contribution in [0.25, 0.3) is 5.69 Å². The van der Waals surface area contributed by atoms with E-state index in [0.29, 0.717) is 17.7 Å². The zero-order valence-corrected chi connectivity index (χ0v) is 20.8. The first-order valence-corrected chi connectivity index (χ1v) is 12.0. The number of anilines is 1. The Kier molecular flexibility index (Phi) is 8.44. The number of carbonyl (C=O) groups excluding carboxylic acids is 1. The maximum atomic E-state index is 13.6. The molecule has 0 unspecified atom stereocenters. The highest BCUT2D eigenvalue weighted by Crippen LogP contribution is 2.32. The minimum atomic E-state index is -0.804. The molecule has 1 aromatic heterocycles. The molecular weight excluding hydrogens is 478 g/mol. The standard InChI is InChI=1S/C27H31N3O7/c1-18-25(27(34)30(29(18)2)21-8-4-3-5-9-21)19-15-23(26(33)28-20-7-6-10-22(32)17-20)37-24(16-19)36-14-13-35-12-11-31/h3-10,15,17,19,24,31-32H,11-14,16H2,1-2H3,(H,28,33)/t19-,24+/m0/s1. The van der Waals surface area contributed by atoms with Crippen LogP contribution in [0.2, 0.25) is 0 Å². The van der Waals surface area contributed by atoms with Gasteiger partial charge in [-0.25, -0.2) is 4.68 Å². The quantitative estimate of drug-likeness (QED) is 0.359. The lowest BCUT2D eigenvalue weighted by atomic mass is 9.93. The van der Waals surface area contributed by atoms with E-state index in [4.69, 9.17) is 19.3 Å². The maximum absolute atomic E-state index is 13.6. The molecule has 3 aromatic rings. The molecule has 0 spiro atoms. The molecule has 4 rings (SSSR count). The van der Waals surface area contributed by atoms with Gasteiger partial charge in [-0.3, -0.25) is 14.3 Å². The number of nitrogens with one attached hydrogen (secondary N) is 1. The molecule has 37 heavy (non-hydrogen) atoms. The smallest absolute Gasteiger partial charge is 0.290 e. The highest BCUT2D eigenvalue weighted by Gasteiger charge is 2.33. The van der Waals surface area contributed by atoms with Gasteiger partial charge < -0.3 is 29.7 Å². The van der Waals surface area contributed by atoms with Crippen LogP contribution in [0.4, 0.5) is 5.69 Å². The predicted molar refractivity (Wildman–Crippen MR) is 137 cm³/mol. The van der Waals surface area contributed by atoms with Gasteiger partial charge in [0, 0.05) is 42.4 Å². The van der Waals surface area contributed by atoms with Crippen molar-refractivity contribution < 1.29 is 29.2 Å². The predicted octanol–water partition coefficient (Wildman–Crippen LogP) is 2.57. The molecule has 3 N–H and O–H groups in total. The molecule has 0 saturated carbocycles. The van der Waals surface area contributed by atoms with Gasteiger partial charge in [-0.15, -0.1) is 0 Å². The average molecular weight is 510 g/mol. The zero-order valence-electron chi connectivity index (χ0n) is 20.8. The number of allylic oxidation sites excluding steroid dienone is 1. The van der Waals surface area contributed by atoms with Gasteiger partial charge in [0.25, 0.3) is 11.5 Å². The number of amides is 1. The second kappa shape index (κ2) is 11.9. The molecule has 10 nitrogen and oxygen atoms in total. The average Bonchev–Trinajstić information content (AvgIpc) is 3.11. The van der Waals surface area contributed by atoms with Crippen molar-refractivity contribution in [1.82, 2.24) is 9.36 Å².